The summed E-state index contributed by atoms with van der Waals surface area (Å²) in [5.74, 6) is -0.517. The normalized spacial score (nSPS) is 10.4. The minimum Gasteiger partial charge on any atom is -0.452 e. The predicted molar refractivity (Wildman–Crippen MR) is 100 cm³/mol. The Morgan fingerprint density at radius 2 is 2.00 bits per heavy atom. The number of carbonyl (C=O) groups is 2. The highest BCUT2D eigenvalue weighted by atomic mass is 127. The third-order valence-corrected chi connectivity index (χ3v) is 3.71. The van der Waals surface area contributed by atoms with E-state index in [4.69, 9.17) is 14.4 Å². The highest BCUT2D eigenvalue weighted by molar-refractivity contribution is 14.1. The van der Waals surface area contributed by atoms with E-state index in [-0.39, 0.29) is 13.0 Å². The number of nitrogens with zero attached hydrogens (tertiary/aromatic N) is 2. The number of rotatable bonds is 7. The van der Waals surface area contributed by atoms with Crippen molar-refractivity contribution in [2.45, 2.75) is 6.42 Å². The van der Waals surface area contributed by atoms with Crippen LogP contribution in [0.25, 0.3) is 6.08 Å². The topological polar surface area (TPSA) is 83.5 Å². The number of carbonyl (C=O) groups excluding carboxylic acids is 2. The lowest BCUT2D eigenvalue weighted by atomic mass is 10.2. The summed E-state index contributed by atoms with van der Waals surface area (Å²) in [6.45, 7) is -0.170. The quantitative estimate of drug-likeness (QED) is 0.367. The molecule has 0 fully saturated rings. The van der Waals surface area contributed by atoms with Crippen molar-refractivity contribution in [1.82, 2.24) is 0 Å². The van der Waals surface area contributed by atoms with Crippen molar-refractivity contribution in [2.75, 3.05) is 18.1 Å². The SMILES string of the molecule is N#CCCN(C(=O)COC(=O)C=Cc1ccc(I)o1)c1ccccc1. The first-order chi connectivity index (χ1) is 12.1. The third kappa shape index (κ3) is 6.08. The molecule has 0 unspecified atom stereocenters. The van der Waals surface area contributed by atoms with Crippen LogP contribution >= 0.6 is 22.6 Å². The molecule has 0 bridgehead atoms. The molecule has 0 aliphatic carbocycles. The molecule has 1 aromatic carbocycles. The minimum atomic E-state index is -0.645. The van der Waals surface area contributed by atoms with E-state index in [9.17, 15) is 9.59 Å². The summed E-state index contributed by atoms with van der Waals surface area (Å²) < 4.78 is 11.0. The van der Waals surface area contributed by atoms with Crippen LogP contribution in [0.3, 0.4) is 0 Å². The lowest BCUT2D eigenvalue weighted by Crippen LogP contribution is -2.35. The van der Waals surface area contributed by atoms with Crippen LogP contribution in [-0.4, -0.2) is 25.0 Å². The van der Waals surface area contributed by atoms with Crippen LogP contribution in [0.2, 0.25) is 0 Å². The van der Waals surface area contributed by atoms with E-state index in [1.54, 1.807) is 36.4 Å². The van der Waals surface area contributed by atoms with Gasteiger partial charge in [-0.2, -0.15) is 5.26 Å². The van der Waals surface area contributed by atoms with E-state index in [0.29, 0.717) is 15.2 Å². The maximum atomic E-state index is 12.3. The summed E-state index contributed by atoms with van der Waals surface area (Å²) in [5.41, 5.74) is 0.652. The number of esters is 1. The molecule has 0 radical (unpaired) electrons. The zero-order valence-corrected chi connectivity index (χ0v) is 15.4. The van der Waals surface area contributed by atoms with Gasteiger partial charge in [-0.05, 0) is 52.9 Å². The van der Waals surface area contributed by atoms with Crippen molar-refractivity contribution in [3.63, 3.8) is 0 Å². The zero-order chi connectivity index (χ0) is 18.1. The van der Waals surface area contributed by atoms with Crippen LogP contribution < -0.4 is 4.90 Å². The Bertz CT molecular complexity index is 793. The fraction of sp³-hybridized carbons (Fsp3) is 0.167. The first-order valence-electron chi connectivity index (χ1n) is 7.42. The summed E-state index contributed by atoms with van der Waals surface area (Å²) in [7, 11) is 0. The van der Waals surface area contributed by atoms with Gasteiger partial charge >= 0.3 is 5.97 Å². The minimum absolute atomic E-state index is 0.186. The second-order valence-electron chi connectivity index (χ2n) is 4.87. The third-order valence-electron chi connectivity index (χ3n) is 3.13. The summed E-state index contributed by atoms with van der Waals surface area (Å²) in [6.07, 6.45) is 2.86. The van der Waals surface area contributed by atoms with Gasteiger partial charge in [0.2, 0.25) is 0 Å². The lowest BCUT2D eigenvalue weighted by molar-refractivity contribution is -0.142. The van der Waals surface area contributed by atoms with Crippen LogP contribution in [0, 0.1) is 15.1 Å². The Labute approximate surface area is 158 Å². The highest BCUT2D eigenvalue weighted by Gasteiger charge is 2.16. The maximum Gasteiger partial charge on any atom is 0.331 e. The standard InChI is InChI=1S/C18H15IN2O4/c19-16-9-7-15(25-16)8-10-18(23)24-13-17(22)21(12-4-11-20)14-5-2-1-3-6-14/h1-3,5-10H,4,12-13H2. The fourth-order valence-electron chi connectivity index (χ4n) is 1.99. The van der Waals surface area contributed by atoms with E-state index in [0.717, 1.165) is 0 Å². The fourth-order valence-corrected chi connectivity index (χ4v) is 2.43. The molecule has 2 rings (SSSR count). The van der Waals surface area contributed by atoms with Crippen LogP contribution in [0.4, 0.5) is 5.69 Å². The Morgan fingerprint density at radius 1 is 1.24 bits per heavy atom. The molecule has 2 aromatic rings. The maximum absolute atomic E-state index is 12.3. The van der Waals surface area contributed by atoms with Crippen molar-refractivity contribution < 1.29 is 18.7 Å². The molecule has 1 heterocycles. The summed E-state index contributed by atoms with van der Waals surface area (Å²) in [5, 5.41) is 8.75. The van der Waals surface area contributed by atoms with Crippen LogP contribution in [0.1, 0.15) is 12.2 Å². The number of nitriles is 1. The van der Waals surface area contributed by atoms with Gasteiger partial charge in [0.05, 0.1) is 12.5 Å². The summed E-state index contributed by atoms with van der Waals surface area (Å²) >= 11 is 2.02. The Kier molecular flexibility index (Phi) is 7.22. The zero-order valence-electron chi connectivity index (χ0n) is 13.2. The second-order valence-corrected chi connectivity index (χ2v) is 5.94. The van der Waals surface area contributed by atoms with Gasteiger partial charge in [0.25, 0.3) is 5.91 Å². The van der Waals surface area contributed by atoms with Gasteiger partial charge in [-0.1, -0.05) is 18.2 Å². The van der Waals surface area contributed by atoms with Gasteiger partial charge in [0, 0.05) is 18.3 Å². The van der Waals surface area contributed by atoms with E-state index < -0.39 is 18.5 Å². The van der Waals surface area contributed by atoms with E-state index >= 15 is 0 Å². The number of amides is 1. The van der Waals surface area contributed by atoms with Gasteiger partial charge in [0.1, 0.15) is 5.76 Å². The van der Waals surface area contributed by atoms with Gasteiger partial charge in [-0.3, -0.25) is 4.79 Å². The van der Waals surface area contributed by atoms with E-state index in [1.807, 2.05) is 34.7 Å². The molecule has 7 heteroatoms. The average Bonchev–Trinajstić information content (AvgIpc) is 3.05. The first kappa shape index (κ1) is 18.7. The Hall–Kier alpha value is -2.60. The highest BCUT2D eigenvalue weighted by Crippen LogP contribution is 2.14. The smallest absolute Gasteiger partial charge is 0.331 e. The molecule has 0 aliphatic rings. The monoisotopic (exact) mass is 450 g/mol. The molecule has 0 N–H and O–H groups in total. The largest absolute Gasteiger partial charge is 0.452 e. The van der Waals surface area contributed by atoms with Crippen molar-refractivity contribution in [2.24, 2.45) is 0 Å². The molecule has 25 heavy (non-hydrogen) atoms. The summed E-state index contributed by atoms with van der Waals surface area (Å²) in [4.78, 5) is 25.5. The predicted octanol–water partition coefficient (Wildman–Crippen LogP) is 3.39. The molecule has 1 aromatic heterocycles. The first-order valence-corrected chi connectivity index (χ1v) is 8.50. The number of para-hydroxylation sites is 1. The number of hydrogen-bond acceptors (Lipinski definition) is 5. The number of ether oxygens (including phenoxy) is 1. The molecule has 1 amide bonds. The van der Waals surface area contributed by atoms with E-state index in [1.165, 1.54) is 17.1 Å². The van der Waals surface area contributed by atoms with Crippen molar-refractivity contribution in [3.8, 4) is 6.07 Å². The van der Waals surface area contributed by atoms with Crippen molar-refractivity contribution >= 4 is 46.2 Å². The number of hydrogen-bond donors (Lipinski definition) is 0. The number of anilines is 1. The number of furan rings is 1. The molecule has 6 nitrogen and oxygen atoms in total. The number of benzene rings is 1. The molecule has 0 atom stereocenters. The molecule has 0 saturated carbocycles. The van der Waals surface area contributed by atoms with Crippen molar-refractivity contribution in [3.05, 3.63) is 58.1 Å². The number of halogens is 1. The average molecular weight is 450 g/mol. The van der Waals surface area contributed by atoms with Gasteiger partial charge < -0.3 is 14.1 Å². The summed E-state index contributed by atoms with van der Waals surface area (Å²) in [6, 6.07) is 14.4. The Balaban J connectivity index is 1.92. The van der Waals surface area contributed by atoms with Crippen molar-refractivity contribution in [1.29, 1.82) is 5.26 Å². The molecule has 128 valence electrons. The molecule has 0 saturated heterocycles. The van der Waals surface area contributed by atoms with Crippen LogP contribution in [0.15, 0.2) is 53.0 Å². The van der Waals surface area contributed by atoms with Gasteiger partial charge in [0.15, 0.2) is 10.4 Å². The van der Waals surface area contributed by atoms with E-state index in [2.05, 4.69) is 0 Å². The van der Waals surface area contributed by atoms with Crippen LogP contribution in [0.5, 0.6) is 0 Å². The Morgan fingerprint density at radius 3 is 2.64 bits per heavy atom. The molecule has 0 aliphatic heterocycles. The molecular formula is C18H15IN2O4. The van der Waals surface area contributed by atoms with Crippen LogP contribution in [-0.2, 0) is 14.3 Å². The lowest BCUT2D eigenvalue weighted by Gasteiger charge is -2.21. The molecular weight excluding hydrogens is 435 g/mol. The van der Waals surface area contributed by atoms with Gasteiger partial charge in [-0.15, -0.1) is 0 Å². The second kappa shape index (κ2) is 9.64. The van der Waals surface area contributed by atoms with Gasteiger partial charge in [-0.25, -0.2) is 4.79 Å². The molecule has 0 spiro atoms.